The molecule has 0 fully saturated rings. The van der Waals surface area contributed by atoms with E-state index in [1.54, 1.807) is 12.1 Å². The second kappa shape index (κ2) is 6.48. The van der Waals surface area contributed by atoms with E-state index in [-0.39, 0.29) is 35.7 Å². The van der Waals surface area contributed by atoms with Crippen LogP contribution in [0.2, 0.25) is 0 Å². The third kappa shape index (κ3) is 3.80. The van der Waals surface area contributed by atoms with Crippen LogP contribution in [0.4, 0.5) is 0 Å². The van der Waals surface area contributed by atoms with E-state index in [1.165, 1.54) is 0 Å². The topological polar surface area (TPSA) is 34.1 Å². The fraction of sp³-hybridized carbons (Fsp3) is 0.500. The van der Waals surface area contributed by atoms with Crippen LogP contribution >= 0.6 is 0 Å². The van der Waals surface area contributed by atoms with Gasteiger partial charge < -0.3 is 0 Å². The minimum Gasteiger partial charge on any atom is -0.299 e. The minimum absolute atomic E-state index is 0.0189. The predicted octanol–water partition coefficient (Wildman–Crippen LogP) is 3.76. The second-order valence-electron chi connectivity index (χ2n) is 5.45. The molecule has 2 nitrogen and oxygen atoms in total. The maximum Gasteiger partial charge on any atom is 0.170 e. The number of hydrogen-bond donors (Lipinski definition) is 0. The van der Waals surface area contributed by atoms with E-state index in [1.807, 2.05) is 45.9 Å². The van der Waals surface area contributed by atoms with Crippen LogP contribution in [0.25, 0.3) is 0 Å². The Hall–Kier alpha value is -1.44. The Balaban J connectivity index is 2.73. The van der Waals surface area contributed by atoms with Gasteiger partial charge in [0.1, 0.15) is 5.78 Å². The normalized spacial score (nSPS) is 11.3. The Bertz CT molecular complexity index is 396. The molecule has 0 atom stereocenters. The summed E-state index contributed by atoms with van der Waals surface area (Å²) in [5, 5.41) is 0. The van der Waals surface area contributed by atoms with Gasteiger partial charge in [0.15, 0.2) is 5.78 Å². The van der Waals surface area contributed by atoms with Crippen molar-refractivity contribution in [2.45, 2.75) is 34.1 Å². The highest BCUT2D eigenvalue weighted by molar-refractivity contribution is 6.08. The Kier molecular flexibility index (Phi) is 5.26. The number of carbonyl (C=O) groups is 2. The first-order chi connectivity index (χ1) is 8.43. The fourth-order valence-corrected chi connectivity index (χ4v) is 2.52. The minimum atomic E-state index is -0.0769. The van der Waals surface area contributed by atoms with Crippen molar-refractivity contribution in [1.29, 1.82) is 0 Å². The Labute approximate surface area is 109 Å². The van der Waals surface area contributed by atoms with Crippen molar-refractivity contribution in [2.75, 3.05) is 0 Å². The molecule has 18 heavy (non-hydrogen) atoms. The molecule has 0 spiro atoms. The average molecular weight is 246 g/mol. The van der Waals surface area contributed by atoms with Gasteiger partial charge in [-0.2, -0.15) is 0 Å². The number of Topliss-reactive ketones (excluding diaryl/α,β-unsaturated/α-hetero) is 2. The molecule has 0 radical (unpaired) electrons. The van der Waals surface area contributed by atoms with E-state index in [0.717, 1.165) is 0 Å². The summed E-state index contributed by atoms with van der Waals surface area (Å²) >= 11 is 0. The summed E-state index contributed by atoms with van der Waals surface area (Å²) in [4.78, 5) is 24.2. The molecule has 0 aliphatic heterocycles. The van der Waals surface area contributed by atoms with Gasteiger partial charge >= 0.3 is 0 Å². The van der Waals surface area contributed by atoms with Gasteiger partial charge in [0.05, 0.1) is 6.42 Å². The fourth-order valence-electron chi connectivity index (χ4n) is 2.52. The van der Waals surface area contributed by atoms with Gasteiger partial charge in [-0.1, -0.05) is 58.0 Å². The number of carbonyl (C=O) groups excluding carboxylic acids is 2. The van der Waals surface area contributed by atoms with E-state index < -0.39 is 0 Å². The number of benzene rings is 1. The van der Waals surface area contributed by atoms with E-state index >= 15 is 0 Å². The zero-order valence-corrected chi connectivity index (χ0v) is 11.6. The van der Waals surface area contributed by atoms with Crippen LogP contribution in [0.3, 0.4) is 0 Å². The van der Waals surface area contributed by atoms with E-state index in [2.05, 4.69) is 0 Å². The van der Waals surface area contributed by atoms with E-state index in [0.29, 0.717) is 5.56 Å². The van der Waals surface area contributed by atoms with Crippen LogP contribution in [0.5, 0.6) is 0 Å². The van der Waals surface area contributed by atoms with Crippen LogP contribution in [-0.2, 0) is 4.79 Å². The van der Waals surface area contributed by atoms with Crippen LogP contribution < -0.4 is 0 Å². The highest BCUT2D eigenvalue weighted by Crippen LogP contribution is 2.23. The molecule has 0 unspecified atom stereocenters. The summed E-state index contributed by atoms with van der Waals surface area (Å²) in [6.07, 6.45) is 0.0189. The van der Waals surface area contributed by atoms with Crippen LogP contribution in [-0.4, -0.2) is 11.6 Å². The monoisotopic (exact) mass is 246 g/mol. The lowest BCUT2D eigenvalue weighted by atomic mass is 9.80. The van der Waals surface area contributed by atoms with Crippen molar-refractivity contribution in [2.24, 2.45) is 17.8 Å². The zero-order chi connectivity index (χ0) is 13.7. The summed E-state index contributed by atoms with van der Waals surface area (Å²) in [5.74, 6) is 0.514. The first-order valence-corrected chi connectivity index (χ1v) is 6.54. The lowest BCUT2D eigenvalue weighted by Gasteiger charge is -2.23. The molecular weight excluding hydrogens is 224 g/mol. The lowest BCUT2D eigenvalue weighted by molar-refractivity contribution is -0.124. The van der Waals surface area contributed by atoms with Gasteiger partial charge in [-0.3, -0.25) is 9.59 Å². The van der Waals surface area contributed by atoms with E-state index in [4.69, 9.17) is 0 Å². The molecule has 0 heterocycles. The quantitative estimate of drug-likeness (QED) is 0.566. The molecule has 1 aromatic carbocycles. The summed E-state index contributed by atoms with van der Waals surface area (Å²) in [6, 6.07) is 9.02. The summed E-state index contributed by atoms with van der Waals surface area (Å²) < 4.78 is 0. The molecule has 1 aromatic rings. The molecule has 0 aromatic heterocycles. The van der Waals surface area contributed by atoms with Gasteiger partial charge in [-0.25, -0.2) is 0 Å². The number of rotatable bonds is 6. The van der Waals surface area contributed by atoms with Gasteiger partial charge in [0, 0.05) is 11.5 Å². The Morgan fingerprint density at radius 2 is 1.44 bits per heavy atom. The molecule has 0 bridgehead atoms. The first-order valence-electron chi connectivity index (χ1n) is 6.54. The number of hydrogen-bond acceptors (Lipinski definition) is 2. The van der Waals surface area contributed by atoms with Crippen molar-refractivity contribution in [3.05, 3.63) is 35.9 Å². The van der Waals surface area contributed by atoms with Gasteiger partial charge in [-0.15, -0.1) is 0 Å². The highest BCUT2D eigenvalue weighted by atomic mass is 16.1. The van der Waals surface area contributed by atoms with Gasteiger partial charge in [0.2, 0.25) is 0 Å². The zero-order valence-electron chi connectivity index (χ0n) is 11.6. The molecule has 2 heteroatoms. The first kappa shape index (κ1) is 14.6. The Morgan fingerprint density at radius 1 is 0.944 bits per heavy atom. The maximum atomic E-state index is 12.2. The molecular formula is C16H22O2. The molecule has 0 aliphatic rings. The summed E-state index contributed by atoms with van der Waals surface area (Å²) in [7, 11) is 0. The molecule has 1 rings (SSSR count). The van der Waals surface area contributed by atoms with Crippen molar-refractivity contribution in [3.63, 3.8) is 0 Å². The maximum absolute atomic E-state index is 12.2. The molecule has 0 saturated carbocycles. The third-order valence-corrected chi connectivity index (χ3v) is 3.24. The van der Waals surface area contributed by atoms with Crippen molar-refractivity contribution in [1.82, 2.24) is 0 Å². The van der Waals surface area contributed by atoms with Gasteiger partial charge in [-0.05, 0) is 11.8 Å². The summed E-state index contributed by atoms with van der Waals surface area (Å²) in [6.45, 7) is 8.15. The smallest absolute Gasteiger partial charge is 0.170 e. The predicted molar refractivity (Wildman–Crippen MR) is 73.6 cm³/mol. The molecule has 0 aliphatic carbocycles. The van der Waals surface area contributed by atoms with Gasteiger partial charge in [0.25, 0.3) is 0 Å². The summed E-state index contributed by atoms with van der Waals surface area (Å²) in [5.41, 5.74) is 0.622. The SMILES string of the molecule is CC(C)C(C(=O)CC(=O)c1ccccc1)C(C)C. The standard InChI is InChI=1S/C16H22O2/c1-11(2)16(12(3)4)15(18)10-14(17)13-8-6-5-7-9-13/h5-9,11-12,16H,10H2,1-4H3. The van der Waals surface area contributed by atoms with Crippen molar-refractivity contribution in [3.8, 4) is 0 Å². The Morgan fingerprint density at radius 3 is 1.89 bits per heavy atom. The number of ketones is 2. The molecule has 0 saturated heterocycles. The van der Waals surface area contributed by atoms with Crippen LogP contribution in [0.15, 0.2) is 30.3 Å². The second-order valence-corrected chi connectivity index (χ2v) is 5.45. The average Bonchev–Trinajstić information content (AvgIpc) is 2.28. The van der Waals surface area contributed by atoms with Crippen LogP contribution in [0.1, 0.15) is 44.5 Å². The van der Waals surface area contributed by atoms with Crippen LogP contribution in [0, 0.1) is 17.8 Å². The molecule has 98 valence electrons. The van der Waals surface area contributed by atoms with E-state index in [9.17, 15) is 9.59 Å². The largest absolute Gasteiger partial charge is 0.299 e. The van der Waals surface area contributed by atoms with Crippen molar-refractivity contribution < 1.29 is 9.59 Å². The third-order valence-electron chi connectivity index (χ3n) is 3.24. The van der Waals surface area contributed by atoms with Crippen molar-refractivity contribution >= 4 is 11.6 Å². The molecule has 0 N–H and O–H groups in total. The highest BCUT2D eigenvalue weighted by Gasteiger charge is 2.27. The molecule has 0 amide bonds. The lowest BCUT2D eigenvalue weighted by Crippen LogP contribution is -2.27.